The number of ether oxygens (including phenoxy) is 3. The number of carbonyl (C=O) groups is 1. The van der Waals surface area contributed by atoms with E-state index in [1.165, 1.54) is 0 Å². The third-order valence-electron chi connectivity index (χ3n) is 3.93. The Hall–Kier alpha value is -2.69. The summed E-state index contributed by atoms with van der Waals surface area (Å²) in [6.07, 6.45) is 0.0847. The van der Waals surface area contributed by atoms with Gasteiger partial charge in [-0.2, -0.15) is 0 Å². The molecule has 3 rings (SSSR count). The third kappa shape index (κ3) is 3.62. The minimum atomic E-state index is -0.514. The second-order valence-corrected chi connectivity index (χ2v) is 5.69. The third-order valence-corrected chi connectivity index (χ3v) is 3.93. The Morgan fingerprint density at radius 3 is 2.79 bits per heavy atom. The number of fused-ring (bicyclic) bond motifs is 1. The molecule has 2 aromatic carbocycles. The minimum Gasteiger partial charge on any atom is -0.480 e. The lowest BCUT2D eigenvalue weighted by Crippen LogP contribution is -2.37. The largest absolute Gasteiger partial charge is 0.480 e. The average Bonchev–Trinajstić information content (AvgIpc) is 3.06. The number of hydrogen-bond donors (Lipinski definition) is 1. The molecule has 2 aromatic rings. The van der Waals surface area contributed by atoms with E-state index in [1.807, 2.05) is 56.3 Å². The molecule has 0 bridgehead atoms. The van der Waals surface area contributed by atoms with E-state index in [0.29, 0.717) is 18.7 Å². The van der Waals surface area contributed by atoms with Gasteiger partial charge in [0.25, 0.3) is 5.91 Å². The first-order chi connectivity index (χ1) is 11.7. The summed E-state index contributed by atoms with van der Waals surface area (Å²) in [7, 11) is 0. The summed E-state index contributed by atoms with van der Waals surface area (Å²) in [5, 5.41) is 2.92. The van der Waals surface area contributed by atoms with Gasteiger partial charge in [0.05, 0.1) is 0 Å². The van der Waals surface area contributed by atoms with Crippen LogP contribution in [0.15, 0.2) is 42.5 Å². The number of amides is 1. The zero-order valence-corrected chi connectivity index (χ0v) is 13.9. The number of benzene rings is 2. The van der Waals surface area contributed by atoms with E-state index in [1.54, 1.807) is 0 Å². The van der Waals surface area contributed by atoms with Crippen LogP contribution in [-0.4, -0.2) is 18.8 Å². The molecule has 5 heteroatoms. The van der Waals surface area contributed by atoms with Gasteiger partial charge in [0.1, 0.15) is 5.75 Å². The molecule has 0 aliphatic carbocycles. The van der Waals surface area contributed by atoms with Crippen LogP contribution >= 0.6 is 0 Å². The van der Waals surface area contributed by atoms with Gasteiger partial charge in [0, 0.05) is 6.54 Å². The number of hydrogen-bond acceptors (Lipinski definition) is 4. The summed E-state index contributed by atoms with van der Waals surface area (Å²) in [4.78, 5) is 12.4. The lowest BCUT2D eigenvalue weighted by Gasteiger charge is -2.18. The van der Waals surface area contributed by atoms with Crippen molar-refractivity contribution in [1.82, 2.24) is 5.32 Å². The van der Waals surface area contributed by atoms with Gasteiger partial charge in [0.2, 0.25) is 6.79 Å². The number of rotatable bonds is 6. The zero-order valence-electron chi connectivity index (χ0n) is 13.9. The molecule has 1 aliphatic heterocycles. The molecule has 0 aromatic heterocycles. The smallest absolute Gasteiger partial charge is 0.261 e. The predicted molar refractivity (Wildman–Crippen MR) is 90.3 cm³/mol. The van der Waals surface area contributed by atoms with Crippen molar-refractivity contribution in [2.24, 2.45) is 0 Å². The Morgan fingerprint density at radius 2 is 2.00 bits per heavy atom. The van der Waals surface area contributed by atoms with Crippen LogP contribution in [-0.2, 0) is 11.3 Å². The van der Waals surface area contributed by atoms with Crippen LogP contribution in [0, 0.1) is 6.92 Å². The van der Waals surface area contributed by atoms with E-state index in [0.717, 1.165) is 22.6 Å². The normalized spacial score (nSPS) is 13.4. The highest BCUT2D eigenvalue weighted by molar-refractivity contribution is 5.81. The molecule has 0 fully saturated rings. The minimum absolute atomic E-state index is 0.126. The molecule has 1 atom stereocenters. The first-order valence-corrected chi connectivity index (χ1v) is 8.06. The van der Waals surface area contributed by atoms with E-state index in [4.69, 9.17) is 14.2 Å². The number of carbonyl (C=O) groups excluding carboxylic acids is 1. The summed E-state index contributed by atoms with van der Waals surface area (Å²) < 4.78 is 16.5. The Labute approximate surface area is 141 Å². The van der Waals surface area contributed by atoms with E-state index < -0.39 is 6.10 Å². The van der Waals surface area contributed by atoms with Crippen molar-refractivity contribution in [3.63, 3.8) is 0 Å². The molecular formula is C19H21NO4. The SMILES string of the molecule is CC[C@@H](Oc1ccccc1C)C(=O)NCc1ccc2c(c1)OCO2. The average molecular weight is 327 g/mol. The molecule has 0 unspecified atom stereocenters. The van der Waals surface area contributed by atoms with Gasteiger partial charge >= 0.3 is 0 Å². The Balaban J connectivity index is 1.59. The second-order valence-electron chi connectivity index (χ2n) is 5.69. The lowest BCUT2D eigenvalue weighted by atomic mass is 10.2. The van der Waals surface area contributed by atoms with Crippen LogP contribution in [0.5, 0.6) is 17.2 Å². The molecule has 1 heterocycles. The van der Waals surface area contributed by atoms with Gasteiger partial charge < -0.3 is 19.5 Å². The van der Waals surface area contributed by atoms with E-state index >= 15 is 0 Å². The van der Waals surface area contributed by atoms with Crippen molar-refractivity contribution in [3.05, 3.63) is 53.6 Å². The fourth-order valence-corrected chi connectivity index (χ4v) is 2.52. The van der Waals surface area contributed by atoms with Crippen LogP contribution < -0.4 is 19.5 Å². The van der Waals surface area contributed by atoms with E-state index in [9.17, 15) is 4.79 Å². The lowest BCUT2D eigenvalue weighted by molar-refractivity contribution is -0.128. The first-order valence-electron chi connectivity index (χ1n) is 8.06. The summed E-state index contributed by atoms with van der Waals surface area (Å²) in [6.45, 7) is 4.56. The molecule has 0 saturated carbocycles. The van der Waals surface area contributed by atoms with Crippen molar-refractivity contribution in [2.75, 3.05) is 6.79 Å². The highest BCUT2D eigenvalue weighted by Gasteiger charge is 2.19. The first kappa shape index (κ1) is 16.2. The summed E-state index contributed by atoms with van der Waals surface area (Å²) in [6, 6.07) is 13.3. The van der Waals surface area contributed by atoms with Crippen LogP contribution in [0.4, 0.5) is 0 Å². The maximum atomic E-state index is 12.4. The van der Waals surface area contributed by atoms with Gasteiger partial charge in [0.15, 0.2) is 17.6 Å². The highest BCUT2D eigenvalue weighted by Crippen LogP contribution is 2.32. The van der Waals surface area contributed by atoms with E-state index in [-0.39, 0.29) is 12.7 Å². The molecule has 1 N–H and O–H groups in total. The molecule has 0 saturated heterocycles. The maximum absolute atomic E-state index is 12.4. The second kappa shape index (κ2) is 7.25. The van der Waals surface area contributed by atoms with Crippen LogP contribution in [0.25, 0.3) is 0 Å². The van der Waals surface area contributed by atoms with Crippen molar-refractivity contribution in [2.45, 2.75) is 32.9 Å². The summed E-state index contributed by atoms with van der Waals surface area (Å²) in [5.41, 5.74) is 1.97. The quantitative estimate of drug-likeness (QED) is 0.885. The van der Waals surface area contributed by atoms with Gasteiger partial charge in [-0.15, -0.1) is 0 Å². The molecule has 1 amide bonds. The number of nitrogens with one attached hydrogen (secondary N) is 1. The van der Waals surface area contributed by atoms with Gasteiger partial charge in [-0.3, -0.25) is 4.79 Å². The van der Waals surface area contributed by atoms with Crippen molar-refractivity contribution >= 4 is 5.91 Å². The maximum Gasteiger partial charge on any atom is 0.261 e. The van der Waals surface area contributed by atoms with Gasteiger partial charge in [-0.05, 0) is 42.7 Å². The Kier molecular flexibility index (Phi) is 4.89. The summed E-state index contributed by atoms with van der Waals surface area (Å²) >= 11 is 0. The highest BCUT2D eigenvalue weighted by atomic mass is 16.7. The molecule has 5 nitrogen and oxygen atoms in total. The molecule has 0 spiro atoms. The van der Waals surface area contributed by atoms with Gasteiger partial charge in [-0.25, -0.2) is 0 Å². The monoisotopic (exact) mass is 327 g/mol. The standard InChI is InChI=1S/C19H21NO4/c1-3-15(24-16-7-5-4-6-13(16)2)19(21)20-11-14-8-9-17-18(10-14)23-12-22-17/h4-10,15H,3,11-12H2,1-2H3,(H,20,21)/t15-/m1/s1. The van der Waals surface area contributed by atoms with Crippen molar-refractivity contribution < 1.29 is 19.0 Å². The molecule has 24 heavy (non-hydrogen) atoms. The predicted octanol–water partition coefficient (Wildman–Crippen LogP) is 3.20. The molecule has 0 radical (unpaired) electrons. The number of para-hydroxylation sites is 1. The van der Waals surface area contributed by atoms with Crippen LogP contribution in [0.3, 0.4) is 0 Å². The fourth-order valence-electron chi connectivity index (χ4n) is 2.52. The zero-order chi connectivity index (χ0) is 16.9. The fraction of sp³-hybridized carbons (Fsp3) is 0.316. The van der Waals surface area contributed by atoms with Crippen molar-refractivity contribution in [3.8, 4) is 17.2 Å². The Bertz CT molecular complexity index is 729. The van der Waals surface area contributed by atoms with E-state index in [2.05, 4.69) is 5.32 Å². The molecule has 126 valence electrons. The summed E-state index contributed by atoms with van der Waals surface area (Å²) in [5.74, 6) is 2.06. The van der Waals surface area contributed by atoms with Crippen LogP contribution in [0.2, 0.25) is 0 Å². The molecule has 1 aliphatic rings. The van der Waals surface area contributed by atoms with Gasteiger partial charge in [-0.1, -0.05) is 31.2 Å². The number of aryl methyl sites for hydroxylation is 1. The van der Waals surface area contributed by atoms with Crippen molar-refractivity contribution in [1.29, 1.82) is 0 Å². The molecular weight excluding hydrogens is 306 g/mol. The topological polar surface area (TPSA) is 56.8 Å². The van der Waals surface area contributed by atoms with Crippen LogP contribution in [0.1, 0.15) is 24.5 Å². The Morgan fingerprint density at radius 1 is 1.21 bits per heavy atom.